The number of hydrogen-bond acceptors (Lipinski definition) is 3. The van der Waals surface area contributed by atoms with Crippen LogP contribution in [0.4, 0.5) is 19.0 Å². The lowest BCUT2D eigenvalue weighted by Gasteiger charge is -2.09. The number of pyridine rings is 1. The highest BCUT2D eigenvalue weighted by Crippen LogP contribution is 2.32. The first-order valence-corrected chi connectivity index (χ1v) is 5.98. The Morgan fingerprint density at radius 3 is 2.44 bits per heavy atom. The lowest BCUT2D eigenvalue weighted by molar-refractivity contribution is -0.137. The molecule has 0 aliphatic rings. The Balaban J connectivity index is 2.52. The number of alkyl halides is 3. The normalized spacial score (nSPS) is 11.8. The van der Waals surface area contributed by atoms with Gasteiger partial charge in [0, 0.05) is 6.20 Å². The molecule has 0 fully saturated rings. The lowest BCUT2D eigenvalue weighted by Crippen LogP contribution is -2.09. The van der Waals surface area contributed by atoms with Gasteiger partial charge >= 0.3 is 6.18 Å². The van der Waals surface area contributed by atoms with Gasteiger partial charge in [0.1, 0.15) is 5.82 Å². The molecule has 2 aromatic heterocycles. The van der Waals surface area contributed by atoms with E-state index >= 15 is 0 Å². The van der Waals surface area contributed by atoms with Crippen LogP contribution in [-0.4, -0.2) is 14.8 Å². The average molecular weight is 389 g/mol. The third-order valence-corrected chi connectivity index (χ3v) is 3.22. The molecular weight excluding hydrogens is 383 g/mol. The number of anilines is 1. The smallest absolute Gasteiger partial charge is 0.383 e. The standard InChI is InChI=1S/C9H5ClF3IN4/c10-5-1-4(9(11,12)13)2-16-8(5)18-7(15)6(14)3-17-18/h1-3H,15H2. The molecule has 0 saturated carbocycles. The van der Waals surface area contributed by atoms with Crippen molar-refractivity contribution in [2.24, 2.45) is 0 Å². The second-order valence-corrected chi connectivity index (χ2v) is 4.89. The van der Waals surface area contributed by atoms with Gasteiger partial charge in [0.15, 0.2) is 5.82 Å². The molecule has 0 unspecified atom stereocenters. The zero-order valence-electron chi connectivity index (χ0n) is 8.54. The Bertz CT molecular complexity index is 596. The van der Waals surface area contributed by atoms with Gasteiger partial charge in [-0.3, -0.25) is 0 Å². The van der Waals surface area contributed by atoms with E-state index in [1.807, 2.05) is 22.6 Å². The number of rotatable bonds is 1. The van der Waals surface area contributed by atoms with Gasteiger partial charge in [-0.05, 0) is 28.7 Å². The van der Waals surface area contributed by atoms with Crippen molar-refractivity contribution in [2.45, 2.75) is 6.18 Å². The summed E-state index contributed by atoms with van der Waals surface area (Å²) in [6.45, 7) is 0. The molecule has 2 aromatic rings. The maximum Gasteiger partial charge on any atom is 0.417 e. The first kappa shape index (κ1) is 13.4. The zero-order chi connectivity index (χ0) is 13.5. The molecule has 0 saturated heterocycles. The average Bonchev–Trinajstić information content (AvgIpc) is 2.59. The highest BCUT2D eigenvalue weighted by molar-refractivity contribution is 14.1. The number of aromatic nitrogens is 3. The predicted molar refractivity (Wildman–Crippen MR) is 68.5 cm³/mol. The fraction of sp³-hybridized carbons (Fsp3) is 0.111. The summed E-state index contributed by atoms with van der Waals surface area (Å²) in [5.74, 6) is 0.329. The van der Waals surface area contributed by atoms with E-state index in [9.17, 15) is 13.2 Å². The third-order valence-electron chi connectivity index (χ3n) is 2.11. The van der Waals surface area contributed by atoms with Gasteiger partial charge in [-0.2, -0.15) is 23.0 Å². The summed E-state index contributed by atoms with van der Waals surface area (Å²) in [4.78, 5) is 3.65. The first-order valence-electron chi connectivity index (χ1n) is 4.53. The van der Waals surface area contributed by atoms with E-state index in [0.717, 1.165) is 6.07 Å². The highest BCUT2D eigenvalue weighted by atomic mass is 127. The second kappa shape index (κ2) is 4.57. The summed E-state index contributed by atoms with van der Waals surface area (Å²) < 4.78 is 39.2. The fourth-order valence-corrected chi connectivity index (χ4v) is 1.85. The topological polar surface area (TPSA) is 56.7 Å². The molecule has 0 aliphatic carbocycles. The molecule has 0 aliphatic heterocycles. The molecule has 18 heavy (non-hydrogen) atoms. The summed E-state index contributed by atoms with van der Waals surface area (Å²) in [6, 6.07) is 0.790. The van der Waals surface area contributed by atoms with E-state index in [2.05, 4.69) is 10.1 Å². The van der Waals surface area contributed by atoms with E-state index in [1.165, 1.54) is 10.9 Å². The third kappa shape index (κ3) is 2.39. The van der Waals surface area contributed by atoms with Crippen LogP contribution in [0.15, 0.2) is 18.5 Å². The fourth-order valence-electron chi connectivity index (χ4n) is 1.25. The number of hydrogen-bond donors (Lipinski definition) is 1. The SMILES string of the molecule is Nc1c(I)cnn1-c1ncc(C(F)(F)F)cc1Cl. The van der Waals surface area contributed by atoms with Crippen molar-refractivity contribution in [3.05, 3.63) is 32.6 Å². The molecule has 96 valence electrons. The van der Waals surface area contributed by atoms with Crippen molar-refractivity contribution >= 4 is 40.0 Å². The van der Waals surface area contributed by atoms with E-state index in [4.69, 9.17) is 17.3 Å². The van der Waals surface area contributed by atoms with Crippen molar-refractivity contribution in [1.29, 1.82) is 0 Å². The number of nitrogen functional groups attached to an aromatic ring is 1. The van der Waals surface area contributed by atoms with Crippen LogP contribution in [0.2, 0.25) is 5.02 Å². The van der Waals surface area contributed by atoms with Crippen LogP contribution in [0.25, 0.3) is 5.82 Å². The largest absolute Gasteiger partial charge is 0.417 e. The summed E-state index contributed by atoms with van der Waals surface area (Å²) in [5.41, 5.74) is 4.78. The second-order valence-electron chi connectivity index (χ2n) is 3.32. The molecule has 2 heterocycles. The molecule has 0 radical (unpaired) electrons. The van der Waals surface area contributed by atoms with Gasteiger partial charge in [-0.25, -0.2) is 4.98 Å². The molecule has 0 bridgehead atoms. The maximum absolute atomic E-state index is 12.4. The van der Waals surface area contributed by atoms with Gasteiger partial charge < -0.3 is 5.73 Å². The lowest BCUT2D eigenvalue weighted by atomic mass is 10.3. The molecule has 0 spiro atoms. The Labute approximate surface area is 118 Å². The van der Waals surface area contributed by atoms with Gasteiger partial charge in [0.2, 0.25) is 0 Å². The summed E-state index contributed by atoms with van der Waals surface area (Å²) >= 11 is 7.71. The first-order chi connectivity index (χ1) is 8.30. The summed E-state index contributed by atoms with van der Waals surface area (Å²) in [7, 11) is 0. The maximum atomic E-state index is 12.4. The van der Waals surface area contributed by atoms with Crippen LogP contribution < -0.4 is 5.73 Å². The Morgan fingerprint density at radius 1 is 1.33 bits per heavy atom. The molecule has 9 heteroatoms. The van der Waals surface area contributed by atoms with Crippen LogP contribution in [0.1, 0.15) is 5.56 Å². The van der Waals surface area contributed by atoms with Crippen molar-refractivity contribution in [3.63, 3.8) is 0 Å². The van der Waals surface area contributed by atoms with Gasteiger partial charge in [-0.15, -0.1) is 0 Å². The summed E-state index contributed by atoms with van der Waals surface area (Å²) in [5, 5.41) is 3.72. The molecule has 0 aromatic carbocycles. The van der Waals surface area contributed by atoms with E-state index in [1.54, 1.807) is 0 Å². The molecule has 0 amide bonds. The number of nitrogens with two attached hydrogens (primary N) is 1. The van der Waals surface area contributed by atoms with Gasteiger partial charge in [0.25, 0.3) is 0 Å². The molecule has 2 rings (SSSR count). The van der Waals surface area contributed by atoms with Crippen molar-refractivity contribution in [3.8, 4) is 5.82 Å². The highest BCUT2D eigenvalue weighted by Gasteiger charge is 2.31. The minimum atomic E-state index is -4.49. The van der Waals surface area contributed by atoms with E-state index in [-0.39, 0.29) is 16.7 Å². The molecule has 2 N–H and O–H groups in total. The van der Waals surface area contributed by atoms with Crippen LogP contribution in [0.3, 0.4) is 0 Å². The minimum Gasteiger partial charge on any atom is -0.383 e. The number of nitrogens with zero attached hydrogens (tertiary/aromatic N) is 3. The van der Waals surface area contributed by atoms with Crippen LogP contribution in [0.5, 0.6) is 0 Å². The van der Waals surface area contributed by atoms with Crippen LogP contribution in [0, 0.1) is 3.57 Å². The van der Waals surface area contributed by atoms with Gasteiger partial charge in [0.05, 0.1) is 20.4 Å². The quantitative estimate of drug-likeness (QED) is 0.764. The van der Waals surface area contributed by atoms with Crippen LogP contribution in [-0.2, 0) is 6.18 Å². The van der Waals surface area contributed by atoms with Gasteiger partial charge in [-0.1, -0.05) is 11.6 Å². The Morgan fingerprint density at radius 2 is 2.00 bits per heavy atom. The van der Waals surface area contributed by atoms with E-state index < -0.39 is 11.7 Å². The Kier molecular flexibility index (Phi) is 3.41. The van der Waals surface area contributed by atoms with Crippen molar-refractivity contribution in [1.82, 2.24) is 14.8 Å². The molecule has 0 atom stereocenters. The summed E-state index contributed by atoms with van der Waals surface area (Å²) in [6.07, 6.45) is -2.33. The van der Waals surface area contributed by atoms with E-state index in [0.29, 0.717) is 9.77 Å². The monoisotopic (exact) mass is 388 g/mol. The van der Waals surface area contributed by atoms with Crippen molar-refractivity contribution in [2.75, 3.05) is 5.73 Å². The number of halogens is 5. The Hall–Kier alpha value is -1.03. The minimum absolute atomic E-state index is 0.0603. The predicted octanol–water partition coefficient (Wildman–Crippen LogP) is 3.13. The van der Waals surface area contributed by atoms with Crippen LogP contribution >= 0.6 is 34.2 Å². The zero-order valence-corrected chi connectivity index (χ0v) is 11.5. The molecule has 4 nitrogen and oxygen atoms in total. The van der Waals surface area contributed by atoms with Crippen molar-refractivity contribution < 1.29 is 13.2 Å². The molecular formula is C9H5ClF3IN4.